The van der Waals surface area contributed by atoms with E-state index in [2.05, 4.69) is 33.5 Å². The topological polar surface area (TPSA) is 57.3 Å². The van der Waals surface area contributed by atoms with Gasteiger partial charge in [-0.1, -0.05) is 6.92 Å². The quantitative estimate of drug-likeness (QED) is 0.838. The maximum Gasteiger partial charge on any atom is 0.237 e. The number of pyridine rings is 1. The van der Waals surface area contributed by atoms with E-state index in [-0.39, 0.29) is 11.9 Å². The molecule has 0 aromatic carbocycles. The number of hydrogen-bond acceptors (Lipinski definition) is 4. The Morgan fingerprint density at radius 1 is 1.58 bits per heavy atom. The maximum absolute atomic E-state index is 11.6. The average molecular weight is 262 g/mol. The standard InChI is InChI=1S/C14H22N4O/c1-3-5-15-13-9-12(4-6-16-13)10-18-8-7-17-14(19)11(18)2/h4,6,9,11H,3,5,7-8,10H2,1-2H3,(H,15,16)(H,17,19). The van der Waals surface area contributed by atoms with Crippen molar-refractivity contribution in [3.63, 3.8) is 0 Å². The molecule has 1 aromatic heterocycles. The minimum atomic E-state index is -0.0611. The highest BCUT2D eigenvalue weighted by Crippen LogP contribution is 2.13. The van der Waals surface area contributed by atoms with Gasteiger partial charge in [-0.2, -0.15) is 0 Å². The van der Waals surface area contributed by atoms with Gasteiger partial charge in [0, 0.05) is 32.4 Å². The minimum Gasteiger partial charge on any atom is -0.370 e. The summed E-state index contributed by atoms with van der Waals surface area (Å²) in [5.74, 6) is 1.03. The third-order valence-corrected chi connectivity index (χ3v) is 3.39. The van der Waals surface area contributed by atoms with Crippen LogP contribution in [-0.2, 0) is 11.3 Å². The predicted molar refractivity (Wildman–Crippen MR) is 75.9 cm³/mol. The van der Waals surface area contributed by atoms with Crippen LogP contribution in [0.4, 0.5) is 5.82 Å². The molecule has 104 valence electrons. The van der Waals surface area contributed by atoms with Crippen molar-refractivity contribution in [3.8, 4) is 0 Å². The molecule has 0 bridgehead atoms. The molecule has 1 fully saturated rings. The Morgan fingerprint density at radius 3 is 3.21 bits per heavy atom. The molecular weight excluding hydrogens is 240 g/mol. The molecule has 1 saturated heterocycles. The molecule has 1 aromatic rings. The number of hydrogen-bond donors (Lipinski definition) is 2. The van der Waals surface area contributed by atoms with E-state index in [4.69, 9.17) is 0 Å². The van der Waals surface area contributed by atoms with Crippen LogP contribution in [-0.4, -0.2) is 41.5 Å². The molecule has 1 aliphatic heterocycles. The first-order valence-electron chi connectivity index (χ1n) is 6.91. The fourth-order valence-corrected chi connectivity index (χ4v) is 2.20. The molecule has 1 atom stereocenters. The van der Waals surface area contributed by atoms with E-state index < -0.39 is 0 Å². The number of carbonyl (C=O) groups is 1. The van der Waals surface area contributed by atoms with Crippen LogP contribution in [0.3, 0.4) is 0 Å². The van der Waals surface area contributed by atoms with Crippen molar-refractivity contribution in [1.29, 1.82) is 0 Å². The highest BCUT2D eigenvalue weighted by molar-refractivity contribution is 5.81. The lowest BCUT2D eigenvalue weighted by Crippen LogP contribution is -2.53. The Hall–Kier alpha value is -1.62. The van der Waals surface area contributed by atoms with E-state index in [1.165, 1.54) is 5.56 Å². The van der Waals surface area contributed by atoms with Gasteiger partial charge in [0.05, 0.1) is 6.04 Å². The zero-order chi connectivity index (χ0) is 13.7. The normalized spacial score (nSPS) is 20.1. The van der Waals surface area contributed by atoms with Crippen molar-refractivity contribution in [3.05, 3.63) is 23.9 Å². The number of nitrogens with zero attached hydrogens (tertiary/aromatic N) is 2. The van der Waals surface area contributed by atoms with Gasteiger partial charge in [0.1, 0.15) is 5.82 Å². The van der Waals surface area contributed by atoms with Crippen LogP contribution in [0.1, 0.15) is 25.8 Å². The van der Waals surface area contributed by atoms with Gasteiger partial charge in [-0.15, -0.1) is 0 Å². The van der Waals surface area contributed by atoms with E-state index >= 15 is 0 Å². The molecule has 0 saturated carbocycles. The van der Waals surface area contributed by atoms with E-state index in [1.807, 2.05) is 19.2 Å². The summed E-state index contributed by atoms with van der Waals surface area (Å²) in [5.41, 5.74) is 1.19. The van der Waals surface area contributed by atoms with Gasteiger partial charge in [-0.25, -0.2) is 4.98 Å². The molecular formula is C14H22N4O. The van der Waals surface area contributed by atoms with Crippen molar-refractivity contribution >= 4 is 11.7 Å². The van der Waals surface area contributed by atoms with Crippen molar-refractivity contribution in [2.45, 2.75) is 32.9 Å². The van der Waals surface area contributed by atoms with Crippen LogP contribution >= 0.6 is 0 Å². The van der Waals surface area contributed by atoms with E-state index in [0.717, 1.165) is 38.4 Å². The molecule has 2 N–H and O–H groups in total. The number of amides is 1. The Kier molecular flexibility index (Phi) is 4.74. The zero-order valence-electron chi connectivity index (χ0n) is 11.6. The van der Waals surface area contributed by atoms with E-state index in [1.54, 1.807) is 0 Å². The van der Waals surface area contributed by atoms with Crippen molar-refractivity contribution in [1.82, 2.24) is 15.2 Å². The predicted octanol–water partition coefficient (Wildman–Crippen LogP) is 1.22. The number of rotatable bonds is 5. The second-order valence-electron chi connectivity index (χ2n) is 4.91. The van der Waals surface area contributed by atoms with Crippen LogP contribution in [0, 0.1) is 0 Å². The first-order chi connectivity index (χ1) is 9.20. The smallest absolute Gasteiger partial charge is 0.237 e. The Labute approximate surface area is 114 Å². The summed E-state index contributed by atoms with van der Waals surface area (Å²) in [5, 5.41) is 6.16. The Bertz CT molecular complexity index is 435. The largest absolute Gasteiger partial charge is 0.370 e. The van der Waals surface area contributed by atoms with Crippen LogP contribution in [0.2, 0.25) is 0 Å². The number of carbonyl (C=O) groups excluding carboxylic acids is 1. The van der Waals surface area contributed by atoms with Gasteiger partial charge < -0.3 is 10.6 Å². The van der Waals surface area contributed by atoms with Crippen LogP contribution in [0.5, 0.6) is 0 Å². The monoisotopic (exact) mass is 262 g/mol. The molecule has 19 heavy (non-hydrogen) atoms. The third kappa shape index (κ3) is 3.67. The Morgan fingerprint density at radius 2 is 2.42 bits per heavy atom. The molecule has 1 amide bonds. The van der Waals surface area contributed by atoms with Gasteiger partial charge in [0.15, 0.2) is 0 Å². The van der Waals surface area contributed by atoms with Crippen molar-refractivity contribution < 1.29 is 4.79 Å². The first kappa shape index (κ1) is 13.8. The van der Waals surface area contributed by atoms with Gasteiger partial charge in [-0.3, -0.25) is 9.69 Å². The fraction of sp³-hybridized carbons (Fsp3) is 0.571. The Balaban J connectivity index is 2.00. The first-order valence-corrected chi connectivity index (χ1v) is 6.91. The fourth-order valence-electron chi connectivity index (χ4n) is 2.20. The summed E-state index contributed by atoms with van der Waals surface area (Å²) < 4.78 is 0. The van der Waals surface area contributed by atoms with E-state index in [9.17, 15) is 4.79 Å². The summed E-state index contributed by atoms with van der Waals surface area (Å²) in [6.45, 7) is 7.43. The third-order valence-electron chi connectivity index (χ3n) is 3.39. The second kappa shape index (κ2) is 6.52. The van der Waals surface area contributed by atoms with Crippen LogP contribution in [0.25, 0.3) is 0 Å². The lowest BCUT2D eigenvalue weighted by molar-refractivity contribution is -0.128. The summed E-state index contributed by atoms with van der Waals surface area (Å²) in [7, 11) is 0. The number of piperazine rings is 1. The summed E-state index contributed by atoms with van der Waals surface area (Å²) in [6, 6.07) is 4.01. The molecule has 0 spiro atoms. The van der Waals surface area contributed by atoms with Crippen LogP contribution < -0.4 is 10.6 Å². The van der Waals surface area contributed by atoms with E-state index in [0.29, 0.717) is 0 Å². The van der Waals surface area contributed by atoms with Crippen LogP contribution in [0.15, 0.2) is 18.3 Å². The molecule has 2 rings (SSSR count). The van der Waals surface area contributed by atoms with Gasteiger partial charge in [-0.05, 0) is 31.0 Å². The molecule has 1 unspecified atom stereocenters. The van der Waals surface area contributed by atoms with Gasteiger partial charge >= 0.3 is 0 Å². The number of aromatic nitrogens is 1. The molecule has 0 aliphatic carbocycles. The summed E-state index contributed by atoms with van der Waals surface area (Å²) >= 11 is 0. The summed E-state index contributed by atoms with van der Waals surface area (Å²) in [6.07, 6.45) is 2.90. The average Bonchev–Trinajstić information content (AvgIpc) is 2.42. The molecule has 2 heterocycles. The van der Waals surface area contributed by atoms with Crippen molar-refractivity contribution in [2.75, 3.05) is 25.0 Å². The lowest BCUT2D eigenvalue weighted by Gasteiger charge is -2.32. The molecule has 5 nitrogen and oxygen atoms in total. The molecule has 0 radical (unpaired) electrons. The SMILES string of the molecule is CCCNc1cc(CN2CCNC(=O)C2C)ccn1. The highest BCUT2D eigenvalue weighted by Gasteiger charge is 2.25. The highest BCUT2D eigenvalue weighted by atomic mass is 16.2. The van der Waals surface area contributed by atoms with Gasteiger partial charge in [0.25, 0.3) is 0 Å². The maximum atomic E-state index is 11.6. The number of anilines is 1. The molecule has 5 heteroatoms. The molecule has 1 aliphatic rings. The van der Waals surface area contributed by atoms with Gasteiger partial charge in [0.2, 0.25) is 5.91 Å². The lowest BCUT2D eigenvalue weighted by atomic mass is 10.1. The van der Waals surface area contributed by atoms with Crippen molar-refractivity contribution in [2.24, 2.45) is 0 Å². The minimum absolute atomic E-state index is 0.0611. The number of nitrogens with one attached hydrogen (secondary N) is 2. The second-order valence-corrected chi connectivity index (χ2v) is 4.91. The summed E-state index contributed by atoms with van der Waals surface area (Å²) in [4.78, 5) is 18.1. The zero-order valence-corrected chi connectivity index (χ0v) is 11.6.